The van der Waals surface area contributed by atoms with Crippen LogP contribution >= 0.6 is 11.3 Å². The number of hydrogen-bond acceptors (Lipinski definition) is 5. The van der Waals surface area contributed by atoms with Crippen LogP contribution in [0.1, 0.15) is 28.6 Å². The molecular weight excluding hydrogens is 348 g/mol. The van der Waals surface area contributed by atoms with E-state index in [9.17, 15) is 13.2 Å². The topological polar surface area (TPSA) is 84.5 Å². The summed E-state index contributed by atoms with van der Waals surface area (Å²) in [6, 6.07) is 8.51. The fourth-order valence-corrected chi connectivity index (χ4v) is 4.12. The van der Waals surface area contributed by atoms with Crippen LogP contribution in [0.4, 0.5) is 0 Å². The Kier molecular flexibility index (Phi) is 6.36. The summed E-state index contributed by atoms with van der Waals surface area (Å²) < 4.78 is 32.2. The third-order valence-corrected chi connectivity index (χ3v) is 5.73. The van der Waals surface area contributed by atoms with E-state index in [2.05, 4.69) is 10.0 Å². The Bertz CT molecular complexity index is 783. The zero-order valence-electron chi connectivity index (χ0n) is 13.5. The van der Waals surface area contributed by atoms with Crippen LogP contribution in [0.15, 0.2) is 40.6 Å². The van der Waals surface area contributed by atoms with Gasteiger partial charge < -0.3 is 10.1 Å². The third-order valence-electron chi connectivity index (χ3n) is 3.27. The second-order valence-corrected chi connectivity index (χ2v) is 7.75. The van der Waals surface area contributed by atoms with Gasteiger partial charge in [-0.2, -0.15) is 0 Å². The Morgan fingerprint density at radius 1 is 1.25 bits per heavy atom. The molecule has 0 saturated heterocycles. The molecular formula is C16H20N2O4S2. The number of amides is 1. The number of methoxy groups -OCH3 is 1. The largest absolute Gasteiger partial charge is 0.497 e. The number of benzene rings is 1. The summed E-state index contributed by atoms with van der Waals surface area (Å²) >= 11 is 1.11. The molecule has 1 amide bonds. The molecule has 0 spiro atoms. The van der Waals surface area contributed by atoms with Crippen molar-refractivity contribution >= 4 is 27.3 Å². The first-order valence-electron chi connectivity index (χ1n) is 7.45. The van der Waals surface area contributed by atoms with Gasteiger partial charge >= 0.3 is 0 Å². The molecule has 0 atom stereocenters. The number of nitrogens with one attached hydrogen (secondary N) is 2. The van der Waals surface area contributed by atoms with Crippen molar-refractivity contribution in [2.75, 3.05) is 13.7 Å². The van der Waals surface area contributed by atoms with E-state index in [0.717, 1.165) is 23.3 Å². The first-order valence-corrected chi connectivity index (χ1v) is 9.82. The quantitative estimate of drug-likeness (QED) is 0.749. The number of hydrogen-bond donors (Lipinski definition) is 2. The van der Waals surface area contributed by atoms with Gasteiger partial charge in [-0.25, -0.2) is 13.1 Å². The smallest absolute Gasteiger partial charge is 0.261 e. The van der Waals surface area contributed by atoms with Crippen molar-refractivity contribution in [1.82, 2.24) is 10.0 Å². The second-order valence-electron chi connectivity index (χ2n) is 5.08. The molecule has 0 aliphatic rings. The number of sulfonamides is 1. The van der Waals surface area contributed by atoms with Crippen LogP contribution in [0, 0.1) is 0 Å². The fourth-order valence-electron chi connectivity index (χ4n) is 1.91. The Balaban J connectivity index is 2.01. The summed E-state index contributed by atoms with van der Waals surface area (Å²) in [6.45, 7) is 2.68. The maximum absolute atomic E-state index is 12.3. The molecule has 1 aromatic heterocycles. The summed E-state index contributed by atoms with van der Waals surface area (Å²) in [6.07, 6.45) is 0.825. The van der Waals surface area contributed by atoms with Crippen molar-refractivity contribution in [3.8, 4) is 5.75 Å². The predicted molar refractivity (Wildman–Crippen MR) is 94.0 cm³/mol. The predicted octanol–water partition coefficient (Wildman–Crippen LogP) is 2.38. The molecule has 0 aliphatic carbocycles. The molecule has 1 aromatic carbocycles. The van der Waals surface area contributed by atoms with E-state index >= 15 is 0 Å². The molecule has 1 heterocycles. The van der Waals surface area contributed by atoms with Crippen LogP contribution in [0.25, 0.3) is 0 Å². The lowest BCUT2D eigenvalue weighted by atomic mass is 10.2. The van der Waals surface area contributed by atoms with Crippen LogP contribution in [0.2, 0.25) is 0 Å². The van der Waals surface area contributed by atoms with Crippen molar-refractivity contribution in [2.24, 2.45) is 0 Å². The standard InChI is InChI=1S/C16H20N2O4S2/c1-3-8-17-16(19)15-9-14(11-23-15)24(20,21)18-10-12-4-6-13(22-2)7-5-12/h4-7,9,11,18H,3,8,10H2,1-2H3,(H,17,19). The minimum atomic E-state index is -3.66. The maximum Gasteiger partial charge on any atom is 0.261 e. The van der Waals surface area contributed by atoms with Crippen LogP contribution < -0.4 is 14.8 Å². The second kappa shape index (κ2) is 8.27. The normalized spacial score (nSPS) is 11.2. The van der Waals surface area contributed by atoms with E-state index in [-0.39, 0.29) is 17.3 Å². The highest BCUT2D eigenvalue weighted by Gasteiger charge is 2.18. The summed E-state index contributed by atoms with van der Waals surface area (Å²) in [5.74, 6) is 0.459. The minimum absolute atomic E-state index is 0.0997. The van der Waals surface area contributed by atoms with Crippen molar-refractivity contribution in [3.63, 3.8) is 0 Å². The fraction of sp³-hybridized carbons (Fsp3) is 0.312. The average molecular weight is 368 g/mol. The highest BCUT2D eigenvalue weighted by atomic mass is 32.2. The SMILES string of the molecule is CCCNC(=O)c1cc(S(=O)(=O)NCc2ccc(OC)cc2)cs1. The van der Waals surface area contributed by atoms with E-state index in [1.807, 2.05) is 6.92 Å². The van der Waals surface area contributed by atoms with Crippen LogP contribution in [-0.4, -0.2) is 28.0 Å². The van der Waals surface area contributed by atoms with Gasteiger partial charge in [0.1, 0.15) is 5.75 Å². The van der Waals surface area contributed by atoms with Crippen LogP contribution in [0.3, 0.4) is 0 Å². The van der Waals surface area contributed by atoms with Gasteiger partial charge in [0.15, 0.2) is 0 Å². The van der Waals surface area contributed by atoms with Gasteiger partial charge in [0.2, 0.25) is 10.0 Å². The zero-order chi connectivity index (χ0) is 17.6. The lowest BCUT2D eigenvalue weighted by Crippen LogP contribution is -2.24. The number of rotatable bonds is 8. The van der Waals surface area contributed by atoms with E-state index in [1.54, 1.807) is 31.4 Å². The van der Waals surface area contributed by atoms with Gasteiger partial charge in [-0.05, 0) is 30.2 Å². The number of carbonyl (C=O) groups is 1. The lowest BCUT2D eigenvalue weighted by molar-refractivity contribution is 0.0957. The molecule has 0 fully saturated rings. The molecule has 130 valence electrons. The van der Waals surface area contributed by atoms with Gasteiger partial charge in [0.05, 0.1) is 16.9 Å². The monoisotopic (exact) mass is 368 g/mol. The van der Waals surface area contributed by atoms with E-state index in [4.69, 9.17) is 4.74 Å². The van der Waals surface area contributed by atoms with Gasteiger partial charge in [-0.15, -0.1) is 11.3 Å². The van der Waals surface area contributed by atoms with Gasteiger partial charge in [-0.1, -0.05) is 19.1 Å². The summed E-state index contributed by atoms with van der Waals surface area (Å²) in [4.78, 5) is 12.3. The molecule has 6 nitrogen and oxygen atoms in total. The molecule has 2 N–H and O–H groups in total. The average Bonchev–Trinajstić information content (AvgIpc) is 3.09. The highest BCUT2D eigenvalue weighted by Crippen LogP contribution is 2.20. The van der Waals surface area contributed by atoms with E-state index in [1.165, 1.54) is 11.4 Å². The van der Waals surface area contributed by atoms with Crippen molar-refractivity contribution in [1.29, 1.82) is 0 Å². The summed E-state index contributed by atoms with van der Waals surface area (Å²) in [5, 5.41) is 4.20. The minimum Gasteiger partial charge on any atom is -0.497 e. The molecule has 2 aromatic rings. The van der Waals surface area contributed by atoms with Crippen LogP contribution in [0.5, 0.6) is 5.75 Å². The van der Waals surface area contributed by atoms with Crippen molar-refractivity contribution in [3.05, 3.63) is 46.2 Å². The van der Waals surface area contributed by atoms with Crippen molar-refractivity contribution < 1.29 is 17.9 Å². The van der Waals surface area contributed by atoms with Gasteiger partial charge in [0.25, 0.3) is 5.91 Å². The molecule has 8 heteroatoms. The number of thiophene rings is 1. The molecule has 0 bridgehead atoms. The molecule has 24 heavy (non-hydrogen) atoms. The number of carbonyl (C=O) groups excluding carboxylic acids is 1. The third kappa shape index (κ3) is 4.80. The molecule has 0 saturated carbocycles. The zero-order valence-corrected chi connectivity index (χ0v) is 15.2. The Hall–Kier alpha value is -1.90. The van der Waals surface area contributed by atoms with E-state index < -0.39 is 10.0 Å². The Morgan fingerprint density at radius 2 is 1.96 bits per heavy atom. The molecule has 0 aliphatic heterocycles. The van der Waals surface area contributed by atoms with Crippen LogP contribution in [-0.2, 0) is 16.6 Å². The Morgan fingerprint density at radius 3 is 2.58 bits per heavy atom. The number of ether oxygens (including phenoxy) is 1. The highest BCUT2D eigenvalue weighted by molar-refractivity contribution is 7.89. The maximum atomic E-state index is 12.3. The van der Waals surface area contributed by atoms with Crippen molar-refractivity contribution in [2.45, 2.75) is 24.8 Å². The molecule has 0 radical (unpaired) electrons. The van der Waals surface area contributed by atoms with Gasteiger partial charge in [0, 0.05) is 18.5 Å². The van der Waals surface area contributed by atoms with Gasteiger partial charge in [-0.3, -0.25) is 4.79 Å². The summed E-state index contributed by atoms with van der Waals surface area (Å²) in [7, 11) is -2.09. The molecule has 0 unspecified atom stereocenters. The van der Waals surface area contributed by atoms with E-state index in [0.29, 0.717) is 17.2 Å². The first-order chi connectivity index (χ1) is 11.5. The lowest BCUT2D eigenvalue weighted by Gasteiger charge is -2.06. The first kappa shape index (κ1) is 18.4. The summed E-state index contributed by atoms with van der Waals surface area (Å²) in [5.41, 5.74) is 0.815. The Labute approximate surface area is 145 Å². The molecule has 2 rings (SSSR count).